The molecule has 1 aromatic carbocycles. The number of alkyl halides is 1. The lowest BCUT2D eigenvalue weighted by atomic mass is 10.2. The summed E-state index contributed by atoms with van der Waals surface area (Å²) < 4.78 is 6.78. The third-order valence-electron chi connectivity index (χ3n) is 2.19. The van der Waals surface area contributed by atoms with Crippen LogP contribution in [0.5, 0.6) is 5.75 Å². The van der Waals surface area contributed by atoms with Gasteiger partial charge in [0, 0.05) is 10.4 Å². The molecule has 0 aliphatic rings. The fourth-order valence-electron chi connectivity index (χ4n) is 1.30. The third-order valence-corrected chi connectivity index (χ3v) is 3.24. The molecule has 15 heavy (non-hydrogen) atoms. The Balaban J connectivity index is 2.47. The van der Waals surface area contributed by atoms with Crippen LogP contribution in [-0.2, 0) is 6.42 Å². The molecule has 0 aliphatic heterocycles. The molecule has 0 radical (unpaired) electrons. The van der Waals surface area contributed by atoms with E-state index in [1.165, 1.54) is 5.56 Å². The molecule has 1 nitrogen and oxygen atoms in total. The Morgan fingerprint density at radius 2 is 2.13 bits per heavy atom. The number of hydrogen-bond donors (Lipinski definition) is 0. The highest BCUT2D eigenvalue weighted by Crippen LogP contribution is 2.23. The predicted molar refractivity (Wildman–Crippen MR) is 69.0 cm³/mol. The van der Waals surface area contributed by atoms with Crippen molar-refractivity contribution in [2.45, 2.75) is 26.2 Å². The fraction of sp³-hybridized carbons (Fsp3) is 0.500. The second kappa shape index (κ2) is 7.13. The molecule has 0 aromatic heterocycles. The lowest BCUT2D eigenvalue weighted by Crippen LogP contribution is -1.98. The van der Waals surface area contributed by atoms with Crippen LogP contribution in [0.1, 0.15) is 25.3 Å². The first-order valence-electron chi connectivity index (χ1n) is 5.25. The summed E-state index contributed by atoms with van der Waals surface area (Å²) in [7, 11) is 0. The van der Waals surface area contributed by atoms with Crippen LogP contribution in [0.4, 0.5) is 0 Å². The molecule has 0 heterocycles. The van der Waals surface area contributed by atoms with Crippen molar-refractivity contribution in [1.82, 2.24) is 0 Å². The van der Waals surface area contributed by atoms with Crippen molar-refractivity contribution in [1.29, 1.82) is 0 Å². The minimum atomic E-state index is 0.712. The van der Waals surface area contributed by atoms with Gasteiger partial charge in [-0.3, -0.25) is 0 Å². The van der Waals surface area contributed by atoms with Crippen LogP contribution in [-0.4, -0.2) is 12.5 Å². The lowest BCUT2D eigenvalue weighted by Gasteiger charge is -2.08. The Bertz CT molecular complexity index is 302. The molecule has 0 saturated heterocycles. The first-order valence-corrected chi connectivity index (χ1v) is 6.58. The summed E-state index contributed by atoms with van der Waals surface area (Å²) in [5, 5.41) is 0. The minimum Gasteiger partial charge on any atom is -0.494 e. The number of hydrogen-bond acceptors (Lipinski definition) is 1. The summed E-state index contributed by atoms with van der Waals surface area (Å²) in [4.78, 5) is 0. The van der Waals surface area contributed by atoms with Gasteiger partial charge in [0.15, 0.2) is 0 Å². The van der Waals surface area contributed by atoms with Gasteiger partial charge in [-0.2, -0.15) is 0 Å². The van der Waals surface area contributed by atoms with E-state index < -0.39 is 0 Å². The highest BCUT2D eigenvalue weighted by atomic mass is 79.9. The molecule has 0 fully saturated rings. The van der Waals surface area contributed by atoms with Crippen LogP contribution in [0.15, 0.2) is 22.7 Å². The fourth-order valence-corrected chi connectivity index (χ4v) is 2.01. The highest BCUT2D eigenvalue weighted by Gasteiger charge is 2.00. The summed E-state index contributed by atoms with van der Waals surface area (Å²) in [6, 6.07) is 6.12. The topological polar surface area (TPSA) is 9.23 Å². The van der Waals surface area contributed by atoms with Crippen LogP contribution in [0, 0.1) is 0 Å². The van der Waals surface area contributed by atoms with Gasteiger partial charge in [-0.15, -0.1) is 11.6 Å². The van der Waals surface area contributed by atoms with Crippen molar-refractivity contribution >= 4 is 27.5 Å². The smallest absolute Gasteiger partial charge is 0.119 e. The molecule has 0 aliphatic carbocycles. The van der Waals surface area contributed by atoms with Gasteiger partial charge in [0.25, 0.3) is 0 Å². The first kappa shape index (κ1) is 12.9. The Hall–Kier alpha value is -0.210. The van der Waals surface area contributed by atoms with E-state index in [4.69, 9.17) is 16.3 Å². The number of aryl methyl sites for hydroxylation is 1. The van der Waals surface area contributed by atoms with Crippen LogP contribution in [0.3, 0.4) is 0 Å². The summed E-state index contributed by atoms with van der Waals surface area (Å²) in [5.74, 6) is 1.66. The Labute approximate surface area is 105 Å². The van der Waals surface area contributed by atoms with Gasteiger partial charge in [-0.25, -0.2) is 0 Å². The summed E-state index contributed by atoms with van der Waals surface area (Å²) in [6.45, 7) is 2.88. The molecule has 1 aromatic rings. The summed E-state index contributed by atoms with van der Waals surface area (Å²) in [6.07, 6.45) is 3.04. The average molecular weight is 292 g/mol. The van der Waals surface area contributed by atoms with Crippen LogP contribution < -0.4 is 4.74 Å². The molecular weight excluding hydrogens is 275 g/mol. The van der Waals surface area contributed by atoms with E-state index in [0.717, 1.165) is 36.1 Å². The monoisotopic (exact) mass is 290 g/mol. The second-order valence-corrected chi connectivity index (χ2v) is 4.58. The zero-order valence-corrected chi connectivity index (χ0v) is 11.3. The zero-order chi connectivity index (χ0) is 11.1. The summed E-state index contributed by atoms with van der Waals surface area (Å²) >= 11 is 9.10. The largest absolute Gasteiger partial charge is 0.494 e. The molecule has 0 amide bonds. The van der Waals surface area contributed by atoms with E-state index >= 15 is 0 Å². The van der Waals surface area contributed by atoms with Gasteiger partial charge in [0.1, 0.15) is 5.75 Å². The van der Waals surface area contributed by atoms with Gasteiger partial charge in [-0.05, 0) is 43.0 Å². The van der Waals surface area contributed by atoms with E-state index in [-0.39, 0.29) is 0 Å². The van der Waals surface area contributed by atoms with Gasteiger partial charge in [-0.1, -0.05) is 22.9 Å². The quantitative estimate of drug-likeness (QED) is 0.557. The molecule has 3 heteroatoms. The Morgan fingerprint density at radius 3 is 2.80 bits per heavy atom. The second-order valence-electron chi connectivity index (χ2n) is 3.35. The van der Waals surface area contributed by atoms with Crippen LogP contribution >= 0.6 is 27.5 Å². The van der Waals surface area contributed by atoms with E-state index in [2.05, 4.69) is 28.9 Å². The minimum absolute atomic E-state index is 0.712. The molecule has 0 bridgehead atoms. The maximum atomic E-state index is 5.63. The van der Waals surface area contributed by atoms with E-state index in [9.17, 15) is 0 Å². The van der Waals surface area contributed by atoms with Gasteiger partial charge >= 0.3 is 0 Å². The molecule has 0 unspecified atom stereocenters. The number of ether oxygens (including phenoxy) is 1. The van der Waals surface area contributed by atoms with Crippen molar-refractivity contribution in [3.63, 3.8) is 0 Å². The Morgan fingerprint density at radius 1 is 1.33 bits per heavy atom. The summed E-state index contributed by atoms with van der Waals surface area (Å²) in [5.41, 5.74) is 1.28. The average Bonchev–Trinajstić information content (AvgIpc) is 2.26. The van der Waals surface area contributed by atoms with Crippen LogP contribution in [0.2, 0.25) is 0 Å². The van der Waals surface area contributed by atoms with Crippen molar-refractivity contribution in [3.05, 3.63) is 28.2 Å². The Kier molecular flexibility index (Phi) is 6.11. The predicted octanol–water partition coefficient (Wildman–Crippen LogP) is 4.41. The van der Waals surface area contributed by atoms with Crippen molar-refractivity contribution < 1.29 is 4.74 Å². The number of unbranched alkanes of at least 4 members (excludes halogenated alkanes) is 1. The molecule has 0 spiro atoms. The van der Waals surface area contributed by atoms with Gasteiger partial charge < -0.3 is 4.74 Å². The number of rotatable bonds is 6. The zero-order valence-electron chi connectivity index (χ0n) is 8.93. The molecule has 0 N–H and O–H groups in total. The standard InChI is InChI=1S/C12H16BrClO/c1-2-10-9-11(5-6-12(10)13)15-8-4-3-7-14/h5-6,9H,2-4,7-8H2,1H3. The van der Waals surface area contributed by atoms with E-state index in [1.807, 2.05) is 12.1 Å². The van der Waals surface area contributed by atoms with Crippen molar-refractivity contribution in [2.75, 3.05) is 12.5 Å². The maximum absolute atomic E-state index is 5.63. The van der Waals surface area contributed by atoms with E-state index in [0.29, 0.717) is 5.88 Å². The van der Waals surface area contributed by atoms with Crippen molar-refractivity contribution in [2.24, 2.45) is 0 Å². The van der Waals surface area contributed by atoms with Gasteiger partial charge in [0.05, 0.1) is 6.61 Å². The maximum Gasteiger partial charge on any atom is 0.119 e. The number of halogens is 2. The van der Waals surface area contributed by atoms with Crippen LogP contribution in [0.25, 0.3) is 0 Å². The van der Waals surface area contributed by atoms with E-state index in [1.54, 1.807) is 0 Å². The SMILES string of the molecule is CCc1cc(OCCCCCl)ccc1Br. The molecule has 84 valence electrons. The first-order chi connectivity index (χ1) is 7.27. The van der Waals surface area contributed by atoms with Crippen molar-refractivity contribution in [3.8, 4) is 5.75 Å². The number of benzene rings is 1. The lowest BCUT2D eigenvalue weighted by molar-refractivity contribution is 0.309. The third kappa shape index (κ3) is 4.43. The normalized spacial score (nSPS) is 10.3. The molecule has 0 atom stereocenters. The molecular formula is C12H16BrClO. The highest BCUT2D eigenvalue weighted by molar-refractivity contribution is 9.10. The van der Waals surface area contributed by atoms with Gasteiger partial charge in [0.2, 0.25) is 0 Å². The molecule has 1 rings (SSSR count). The molecule has 0 saturated carbocycles.